The molecule has 6 nitrogen and oxygen atoms in total. The van der Waals surface area contributed by atoms with Gasteiger partial charge in [-0.25, -0.2) is 13.1 Å². The van der Waals surface area contributed by atoms with Crippen LogP contribution in [0.3, 0.4) is 0 Å². The molecule has 0 bridgehead atoms. The number of rotatable bonds is 6. The number of nitrogens with one attached hydrogen (secondary N) is 2. The summed E-state index contributed by atoms with van der Waals surface area (Å²) in [4.78, 5) is 12.0. The number of amides is 1. The van der Waals surface area contributed by atoms with Gasteiger partial charge in [0.15, 0.2) is 0 Å². The number of anilines is 1. The van der Waals surface area contributed by atoms with E-state index >= 15 is 0 Å². The van der Waals surface area contributed by atoms with Crippen LogP contribution in [0.1, 0.15) is 10.4 Å². The average Bonchev–Trinajstić information content (AvgIpc) is 2.56. The molecule has 0 saturated heterocycles. The third-order valence-corrected chi connectivity index (χ3v) is 4.98. The molecule has 1 amide bonds. The van der Waals surface area contributed by atoms with Gasteiger partial charge in [-0.2, -0.15) is 8.78 Å². The van der Waals surface area contributed by atoms with Crippen LogP contribution in [0, 0.1) is 0 Å². The van der Waals surface area contributed by atoms with Gasteiger partial charge in [-0.3, -0.25) is 4.79 Å². The zero-order valence-electron chi connectivity index (χ0n) is 12.8. The molecule has 0 heterocycles. The molecule has 0 unspecified atom stereocenters. The van der Waals surface area contributed by atoms with Crippen LogP contribution in [-0.2, 0) is 10.0 Å². The van der Waals surface area contributed by atoms with Crippen molar-refractivity contribution in [2.75, 3.05) is 12.4 Å². The third kappa shape index (κ3) is 4.88. The first kappa shape index (κ1) is 19.1. The van der Waals surface area contributed by atoms with E-state index in [0.29, 0.717) is 5.69 Å². The Hall–Kier alpha value is -2.23. The van der Waals surface area contributed by atoms with Crippen LogP contribution >= 0.6 is 11.6 Å². The summed E-state index contributed by atoms with van der Waals surface area (Å²) in [5.74, 6) is -0.645. The molecular weight excluding hydrogens is 378 g/mol. The summed E-state index contributed by atoms with van der Waals surface area (Å²) in [5, 5.41) is 2.49. The molecule has 2 aromatic carbocycles. The quantitative estimate of drug-likeness (QED) is 0.793. The van der Waals surface area contributed by atoms with E-state index in [9.17, 15) is 22.0 Å². The molecule has 10 heteroatoms. The van der Waals surface area contributed by atoms with E-state index in [4.69, 9.17) is 11.6 Å². The van der Waals surface area contributed by atoms with Crippen molar-refractivity contribution in [2.45, 2.75) is 11.5 Å². The molecule has 0 spiro atoms. The molecule has 0 aliphatic carbocycles. The number of carbonyl (C=O) groups is 1. The molecule has 0 atom stereocenters. The van der Waals surface area contributed by atoms with Crippen LogP contribution in [-0.4, -0.2) is 28.0 Å². The van der Waals surface area contributed by atoms with Gasteiger partial charge in [0.05, 0.1) is 5.02 Å². The molecule has 0 aliphatic rings. The standard InChI is InChI=1S/C15H13ClF2N2O4S/c1-19-25(22,23)13-8-9(2-7-12(13)16)14(21)20-10-3-5-11(6-4-10)24-15(17)18/h2-8,15,19H,1H3,(H,20,21). The van der Waals surface area contributed by atoms with E-state index in [1.54, 1.807) is 0 Å². The molecule has 0 radical (unpaired) electrons. The Balaban J connectivity index is 2.20. The molecule has 25 heavy (non-hydrogen) atoms. The Morgan fingerprint density at radius 3 is 2.36 bits per heavy atom. The number of benzene rings is 2. The fraction of sp³-hybridized carbons (Fsp3) is 0.133. The van der Waals surface area contributed by atoms with Crippen LogP contribution in [0.5, 0.6) is 5.75 Å². The van der Waals surface area contributed by atoms with Gasteiger partial charge in [-0.05, 0) is 49.5 Å². The second-order valence-corrected chi connectivity index (χ2v) is 6.97. The van der Waals surface area contributed by atoms with Crippen molar-refractivity contribution in [3.8, 4) is 5.75 Å². The van der Waals surface area contributed by atoms with Crippen molar-refractivity contribution in [3.63, 3.8) is 0 Å². The fourth-order valence-electron chi connectivity index (χ4n) is 1.88. The molecule has 2 rings (SSSR count). The first-order valence-electron chi connectivity index (χ1n) is 6.82. The Kier molecular flexibility index (Phi) is 5.93. The van der Waals surface area contributed by atoms with Gasteiger partial charge < -0.3 is 10.1 Å². The predicted octanol–water partition coefficient (Wildman–Crippen LogP) is 3.10. The fourth-order valence-corrected chi connectivity index (χ4v) is 3.13. The Morgan fingerprint density at radius 1 is 1.16 bits per heavy atom. The first-order valence-corrected chi connectivity index (χ1v) is 8.68. The van der Waals surface area contributed by atoms with Gasteiger partial charge in [0.2, 0.25) is 10.0 Å². The van der Waals surface area contributed by atoms with Crippen molar-refractivity contribution in [2.24, 2.45) is 0 Å². The highest BCUT2D eigenvalue weighted by molar-refractivity contribution is 7.89. The zero-order valence-corrected chi connectivity index (χ0v) is 14.4. The highest BCUT2D eigenvalue weighted by Crippen LogP contribution is 2.23. The second-order valence-electron chi connectivity index (χ2n) is 4.71. The number of alkyl halides is 2. The topological polar surface area (TPSA) is 84.5 Å². The summed E-state index contributed by atoms with van der Waals surface area (Å²) in [7, 11) is -2.60. The van der Waals surface area contributed by atoms with E-state index < -0.39 is 22.5 Å². The molecule has 0 aromatic heterocycles. The van der Waals surface area contributed by atoms with Crippen molar-refractivity contribution < 1.29 is 26.7 Å². The van der Waals surface area contributed by atoms with Gasteiger partial charge in [0.25, 0.3) is 5.91 Å². The molecule has 2 N–H and O–H groups in total. The highest BCUT2D eigenvalue weighted by atomic mass is 35.5. The minimum absolute atomic E-state index is 0.0283. The largest absolute Gasteiger partial charge is 0.435 e. The van der Waals surface area contributed by atoms with E-state index in [1.807, 2.05) is 0 Å². The summed E-state index contributed by atoms with van der Waals surface area (Å²) in [6.45, 7) is -2.94. The molecule has 2 aromatic rings. The van der Waals surface area contributed by atoms with Crippen molar-refractivity contribution >= 4 is 33.2 Å². The maximum atomic E-state index is 12.2. The lowest BCUT2D eigenvalue weighted by molar-refractivity contribution is -0.0498. The number of carbonyl (C=O) groups excluding carboxylic acids is 1. The van der Waals surface area contributed by atoms with E-state index in [0.717, 1.165) is 6.07 Å². The lowest BCUT2D eigenvalue weighted by atomic mass is 10.2. The molecule has 0 fully saturated rings. The van der Waals surface area contributed by atoms with Crippen molar-refractivity contribution in [3.05, 3.63) is 53.1 Å². The first-order chi connectivity index (χ1) is 11.7. The average molecular weight is 391 g/mol. The second kappa shape index (κ2) is 7.77. The van der Waals surface area contributed by atoms with Gasteiger partial charge in [-0.15, -0.1) is 0 Å². The van der Waals surface area contributed by atoms with Gasteiger partial charge in [0, 0.05) is 11.3 Å². The number of sulfonamides is 1. The zero-order chi connectivity index (χ0) is 18.6. The number of ether oxygens (including phenoxy) is 1. The lowest BCUT2D eigenvalue weighted by Gasteiger charge is -2.10. The van der Waals surface area contributed by atoms with E-state index in [1.165, 1.54) is 43.4 Å². The summed E-state index contributed by atoms with van der Waals surface area (Å²) in [6.07, 6.45) is 0. The van der Waals surface area contributed by atoms with Gasteiger partial charge in [0.1, 0.15) is 10.6 Å². The summed E-state index contributed by atoms with van der Waals surface area (Å²) in [5.41, 5.74) is 0.380. The normalized spacial score (nSPS) is 11.4. The number of hydrogen-bond donors (Lipinski definition) is 2. The van der Waals surface area contributed by atoms with Crippen LogP contribution in [0.4, 0.5) is 14.5 Å². The SMILES string of the molecule is CNS(=O)(=O)c1cc(C(=O)Nc2ccc(OC(F)F)cc2)ccc1Cl. The number of hydrogen-bond acceptors (Lipinski definition) is 4. The maximum absolute atomic E-state index is 12.2. The predicted molar refractivity (Wildman–Crippen MR) is 88.7 cm³/mol. The van der Waals surface area contributed by atoms with Crippen molar-refractivity contribution in [1.29, 1.82) is 0 Å². The lowest BCUT2D eigenvalue weighted by Crippen LogP contribution is -2.20. The van der Waals surface area contributed by atoms with Crippen LogP contribution in [0.2, 0.25) is 5.02 Å². The summed E-state index contributed by atoms with van der Waals surface area (Å²) < 4.78 is 54.3. The van der Waals surface area contributed by atoms with Crippen LogP contribution in [0.15, 0.2) is 47.4 Å². The summed E-state index contributed by atoms with van der Waals surface area (Å²) >= 11 is 5.86. The molecular formula is C15H13ClF2N2O4S. The van der Waals surface area contributed by atoms with Gasteiger partial charge in [-0.1, -0.05) is 11.6 Å². The molecule has 0 aliphatic heterocycles. The monoisotopic (exact) mass is 390 g/mol. The minimum atomic E-state index is -3.82. The Bertz CT molecular complexity index is 874. The Labute approximate surface area is 147 Å². The van der Waals surface area contributed by atoms with Crippen molar-refractivity contribution in [1.82, 2.24) is 4.72 Å². The minimum Gasteiger partial charge on any atom is -0.435 e. The smallest absolute Gasteiger partial charge is 0.387 e. The van der Waals surface area contributed by atoms with Crippen LogP contribution in [0.25, 0.3) is 0 Å². The molecule has 134 valence electrons. The summed E-state index contributed by atoms with van der Waals surface area (Å²) in [6, 6.07) is 9.06. The maximum Gasteiger partial charge on any atom is 0.387 e. The molecule has 0 saturated carbocycles. The third-order valence-electron chi connectivity index (χ3n) is 3.09. The highest BCUT2D eigenvalue weighted by Gasteiger charge is 2.18. The number of halogens is 3. The van der Waals surface area contributed by atoms with Gasteiger partial charge >= 0.3 is 6.61 Å². The van der Waals surface area contributed by atoms with E-state index in [2.05, 4.69) is 14.8 Å². The van der Waals surface area contributed by atoms with Crippen LogP contribution < -0.4 is 14.8 Å². The Morgan fingerprint density at radius 2 is 1.80 bits per heavy atom. The van der Waals surface area contributed by atoms with E-state index in [-0.39, 0.29) is 21.2 Å².